The van der Waals surface area contributed by atoms with Crippen molar-refractivity contribution in [2.24, 2.45) is 28.7 Å². The Labute approximate surface area is 308 Å². The molecule has 284 valence electrons. The Bertz CT molecular complexity index is 1680. The standard InChI is InChI=1S/C38H47N5O10/c1-9-22-26-28(31(45)42(30(26)44)19-18-39-34(40-35(48)52-37(3,4)5)41-36(49)53-38(6,7)8)24(50-22)16-17-25-29-27(23(10-2)51-25)32(46)43(33(29)47)20-21-14-12-11-13-15-21/h9-17,22-29H,1-2,18-20H2,3-8H3,(H2,39,40,41,48,49)/b17-16-. The second-order valence-electron chi connectivity index (χ2n) is 15.2. The SMILES string of the molecule is C=CC1OC(/C=C\C2OC(C=C)C3C(=O)N(Cc4ccccc4)C(=O)C23)C2C(=O)N(CCN=C(NC(=O)OC(C)(C)C)NC(=O)OC(C)(C)C)C(=O)C12. The number of amides is 6. The summed E-state index contributed by atoms with van der Waals surface area (Å²) in [6, 6.07) is 9.21. The number of ether oxygens (including phenoxy) is 4. The summed E-state index contributed by atoms with van der Waals surface area (Å²) in [5.74, 6) is -5.32. The maximum atomic E-state index is 13.8. The van der Waals surface area contributed by atoms with Crippen LogP contribution in [-0.2, 0) is 44.7 Å². The fraction of sp³-hybridized carbons (Fsp3) is 0.500. The molecule has 4 fully saturated rings. The number of carbonyl (C=O) groups excluding carboxylic acids is 6. The van der Waals surface area contributed by atoms with Gasteiger partial charge in [-0.15, -0.1) is 13.2 Å². The predicted molar refractivity (Wildman–Crippen MR) is 191 cm³/mol. The van der Waals surface area contributed by atoms with Gasteiger partial charge in [0, 0.05) is 6.54 Å². The molecule has 0 spiro atoms. The van der Waals surface area contributed by atoms with Crippen LogP contribution in [0.4, 0.5) is 9.59 Å². The lowest BCUT2D eigenvalue weighted by Gasteiger charge is -2.22. The highest BCUT2D eigenvalue weighted by atomic mass is 16.6. The van der Waals surface area contributed by atoms with Crippen molar-refractivity contribution in [1.82, 2.24) is 20.4 Å². The average Bonchev–Trinajstić information content (AvgIpc) is 3.76. The number of benzene rings is 1. The number of nitrogens with one attached hydrogen (secondary N) is 2. The maximum Gasteiger partial charge on any atom is 0.414 e. The van der Waals surface area contributed by atoms with Crippen LogP contribution in [0.3, 0.4) is 0 Å². The lowest BCUT2D eigenvalue weighted by molar-refractivity contribution is -0.144. The predicted octanol–water partition coefficient (Wildman–Crippen LogP) is 3.26. The van der Waals surface area contributed by atoms with Crippen LogP contribution in [0.15, 0.2) is 72.8 Å². The summed E-state index contributed by atoms with van der Waals surface area (Å²) in [6.07, 6.45) is 1.25. The van der Waals surface area contributed by atoms with Gasteiger partial charge in [0.25, 0.3) is 0 Å². The molecule has 6 amide bonds. The largest absolute Gasteiger partial charge is 0.444 e. The number of aliphatic imine (C=N–C) groups is 1. The molecule has 1 aromatic rings. The van der Waals surface area contributed by atoms with Gasteiger partial charge >= 0.3 is 12.2 Å². The number of hydrogen-bond acceptors (Lipinski definition) is 11. The molecule has 0 aromatic heterocycles. The Kier molecular flexibility index (Phi) is 11.4. The Morgan fingerprint density at radius 2 is 1.13 bits per heavy atom. The highest BCUT2D eigenvalue weighted by Gasteiger charge is 2.60. The van der Waals surface area contributed by atoms with Gasteiger partial charge in [0.1, 0.15) is 11.2 Å². The summed E-state index contributed by atoms with van der Waals surface area (Å²) < 4.78 is 22.7. The van der Waals surface area contributed by atoms with Crippen molar-refractivity contribution in [3.63, 3.8) is 0 Å². The van der Waals surface area contributed by atoms with E-state index in [0.717, 1.165) is 10.5 Å². The number of hydrogen-bond donors (Lipinski definition) is 2. The molecule has 15 nitrogen and oxygen atoms in total. The molecule has 4 aliphatic rings. The van der Waals surface area contributed by atoms with E-state index in [4.69, 9.17) is 18.9 Å². The molecule has 0 bridgehead atoms. The van der Waals surface area contributed by atoms with Crippen LogP contribution >= 0.6 is 0 Å². The smallest absolute Gasteiger partial charge is 0.414 e. The molecular formula is C38H47N5O10. The minimum atomic E-state index is -0.909. The summed E-state index contributed by atoms with van der Waals surface area (Å²) in [4.78, 5) is 85.9. The van der Waals surface area contributed by atoms with Gasteiger partial charge in [-0.2, -0.15) is 0 Å². The van der Waals surface area contributed by atoms with E-state index in [1.54, 1.807) is 53.7 Å². The van der Waals surface area contributed by atoms with E-state index in [9.17, 15) is 28.8 Å². The molecule has 4 heterocycles. The van der Waals surface area contributed by atoms with Gasteiger partial charge in [0.15, 0.2) is 0 Å². The van der Waals surface area contributed by atoms with E-state index < -0.39 is 83.3 Å². The lowest BCUT2D eigenvalue weighted by Crippen LogP contribution is -2.47. The average molecular weight is 734 g/mol. The summed E-state index contributed by atoms with van der Waals surface area (Å²) in [7, 11) is 0. The van der Waals surface area contributed by atoms with Gasteiger partial charge < -0.3 is 18.9 Å². The number of carbonyl (C=O) groups is 6. The van der Waals surface area contributed by atoms with E-state index in [0.29, 0.717) is 0 Å². The molecule has 1 aromatic carbocycles. The molecular weight excluding hydrogens is 686 g/mol. The fourth-order valence-corrected chi connectivity index (χ4v) is 6.90. The molecule has 15 heteroatoms. The zero-order valence-electron chi connectivity index (χ0n) is 30.8. The number of guanidine groups is 1. The fourth-order valence-electron chi connectivity index (χ4n) is 6.90. The highest BCUT2D eigenvalue weighted by Crippen LogP contribution is 2.44. The van der Waals surface area contributed by atoms with Crippen LogP contribution in [0.2, 0.25) is 0 Å². The first kappa shape index (κ1) is 39.1. The Balaban J connectivity index is 1.29. The monoisotopic (exact) mass is 733 g/mol. The van der Waals surface area contributed by atoms with Crippen molar-refractivity contribution >= 4 is 41.8 Å². The van der Waals surface area contributed by atoms with Crippen LogP contribution in [0, 0.1) is 23.7 Å². The van der Waals surface area contributed by atoms with Gasteiger partial charge in [-0.25, -0.2) is 9.59 Å². The second kappa shape index (κ2) is 15.4. The lowest BCUT2D eigenvalue weighted by atomic mass is 9.87. The summed E-state index contributed by atoms with van der Waals surface area (Å²) >= 11 is 0. The van der Waals surface area contributed by atoms with Gasteiger partial charge in [-0.3, -0.25) is 44.6 Å². The minimum Gasteiger partial charge on any atom is -0.444 e. The van der Waals surface area contributed by atoms with Gasteiger partial charge in [-0.05, 0) is 47.1 Å². The first-order chi connectivity index (χ1) is 24.9. The normalized spacial score (nSPS) is 28.2. The van der Waals surface area contributed by atoms with Crippen molar-refractivity contribution < 1.29 is 47.7 Å². The summed E-state index contributed by atoms with van der Waals surface area (Å²) in [5, 5.41) is 4.74. The minimum absolute atomic E-state index is 0.133. The Morgan fingerprint density at radius 3 is 1.55 bits per heavy atom. The van der Waals surface area contributed by atoms with Crippen LogP contribution in [-0.4, -0.2) is 100 Å². The molecule has 8 unspecified atom stereocenters. The van der Waals surface area contributed by atoms with Gasteiger partial charge in [0.05, 0.1) is 61.2 Å². The van der Waals surface area contributed by atoms with Gasteiger partial charge in [-0.1, -0.05) is 54.6 Å². The van der Waals surface area contributed by atoms with Crippen molar-refractivity contribution in [3.8, 4) is 0 Å². The summed E-state index contributed by atoms with van der Waals surface area (Å²) in [5.41, 5.74) is -0.866. The molecule has 2 N–H and O–H groups in total. The third kappa shape index (κ3) is 8.74. The Morgan fingerprint density at radius 1 is 0.717 bits per heavy atom. The molecule has 8 atom stereocenters. The molecule has 53 heavy (non-hydrogen) atoms. The van der Waals surface area contributed by atoms with Crippen molar-refractivity contribution in [1.29, 1.82) is 0 Å². The van der Waals surface area contributed by atoms with Crippen LogP contribution < -0.4 is 10.6 Å². The second-order valence-corrected chi connectivity index (χ2v) is 15.2. The molecule has 0 aliphatic carbocycles. The van der Waals surface area contributed by atoms with E-state index in [-0.39, 0.29) is 37.4 Å². The first-order valence-corrected chi connectivity index (χ1v) is 17.5. The van der Waals surface area contributed by atoms with Crippen molar-refractivity contribution in [2.75, 3.05) is 13.1 Å². The van der Waals surface area contributed by atoms with E-state index in [2.05, 4.69) is 28.8 Å². The van der Waals surface area contributed by atoms with Gasteiger partial charge in [0.2, 0.25) is 29.6 Å². The molecule has 0 radical (unpaired) electrons. The number of alkyl carbamates (subject to hydrolysis) is 2. The number of likely N-dealkylation sites (tertiary alicyclic amines) is 2. The molecule has 5 rings (SSSR count). The molecule has 4 saturated heterocycles. The third-order valence-electron chi connectivity index (χ3n) is 8.99. The van der Waals surface area contributed by atoms with E-state index >= 15 is 0 Å². The number of nitrogens with zero attached hydrogens (tertiary/aromatic N) is 3. The molecule has 4 aliphatic heterocycles. The van der Waals surface area contributed by atoms with Crippen molar-refractivity contribution in [2.45, 2.75) is 83.7 Å². The number of rotatable bonds is 9. The summed E-state index contributed by atoms with van der Waals surface area (Å²) in [6.45, 7) is 17.4. The van der Waals surface area contributed by atoms with Crippen molar-refractivity contribution in [3.05, 3.63) is 73.4 Å². The Hall–Kier alpha value is -5.15. The zero-order chi connectivity index (χ0) is 38.8. The quantitative estimate of drug-likeness (QED) is 0.165. The topological polar surface area (TPSA) is 182 Å². The van der Waals surface area contributed by atoms with E-state index in [1.807, 2.05) is 30.3 Å². The third-order valence-corrected chi connectivity index (χ3v) is 8.99. The zero-order valence-corrected chi connectivity index (χ0v) is 30.8. The number of fused-ring (bicyclic) bond motifs is 2. The number of imide groups is 2. The van der Waals surface area contributed by atoms with Crippen LogP contribution in [0.1, 0.15) is 47.1 Å². The van der Waals surface area contributed by atoms with Crippen LogP contribution in [0.25, 0.3) is 0 Å². The highest BCUT2D eigenvalue weighted by molar-refractivity contribution is 6.07. The van der Waals surface area contributed by atoms with E-state index in [1.165, 1.54) is 17.1 Å². The van der Waals surface area contributed by atoms with Crippen LogP contribution in [0.5, 0.6) is 0 Å². The molecule has 0 saturated carbocycles. The first-order valence-electron chi connectivity index (χ1n) is 17.5. The maximum absolute atomic E-state index is 13.8.